The van der Waals surface area contributed by atoms with Crippen LogP contribution in [-0.4, -0.2) is 42.2 Å². The first kappa shape index (κ1) is 16.2. The van der Waals surface area contributed by atoms with E-state index in [-0.39, 0.29) is 0 Å². The molecular weight excluding hydrogens is 262 g/mol. The predicted molar refractivity (Wildman–Crippen MR) is 86.5 cm³/mol. The molecule has 4 heteroatoms. The van der Waals surface area contributed by atoms with Gasteiger partial charge in [-0.3, -0.25) is 4.90 Å². The summed E-state index contributed by atoms with van der Waals surface area (Å²) in [6.45, 7) is 10.1. The molecule has 1 saturated heterocycles. The second-order valence-corrected chi connectivity index (χ2v) is 6.44. The summed E-state index contributed by atoms with van der Waals surface area (Å²) >= 11 is 0. The fourth-order valence-electron chi connectivity index (χ4n) is 3.11. The van der Waals surface area contributed by atoms with Crippen LogP contribution in [0.4, 0.5) is 0 Å². The fourth-order valence-corrected chi connectivity index (χ4v) is 3.11. The van der Waals surface area contributed by atoms with Gasteiger partial charge in [0.05, 0.1) is 7.11 Å². The highest BCUT2D eigenvalue weighted by atomic mass is 16.5. The van der Waals surface area contributed by atoms with Crippen molar-refractivity contribution in [3.05, 3.63) is 23.9 Å². The summed E-state index contributed by atoms with van der Waals surface area (Å²) in [5.74, 6) is 1.42. The Labute approximate surface area is 128 Å². The van der Waals surface area contributed by atoms with Gasteiger partial charge in [-0.25, -0.2) is 4.98 Å². The van der Waals surface area contributed by atoms with E-state index in [1.807, 2.05) is 12.3 Å². The molecule has 0 saturated carbocycles. The highest BCUT2D eigenvalue weighted by molar-refractivity contribution is 5.17. The average Bonchev–Trinajstić information content (AvgIpc) is 2.48. The van der Waals surface area contributed by atoms with Gasteiger partial charge in [0.1, 0.15) is 0 Å². The van der Waals surface area contributed by atoms with Gasteiger partial charge in [0.2, 0.25) is 5.88 Å². The number of methoxy groups -OCH3 is 1. The first-order valence-electron chi connectivity index (χ1n) is 8.08. The number of nitrogens with zero attached hydrogens (tertiary/aromatic N) is 2. The molecule has 2 unspecified atom stereocenters. The Bertz CT molecular complexity index is 419. The Balaban J connectivity index is 1.99. The van der Waals surface area contributed by atoms with Crippen LogP contribution in [0.3, 0.4) is 0 Å². The van der Waals surface area contributed by atoms with E-state index in [0.717, 1.165) is 25.6 Å². The summed E-state index contributed by atoms with van der Waals surface area (Å²) in [5, 5.41) is 3.71. The number of piperazine rings is 1. The van der Waals surface area contributed by atoms with Crippen LogP contribution in [0.25, 0.3) is 0 Å². The molecule has 4 nitrogen and oxygen atoms in total. The van der Waals surface area contributed by atoms with Gasteiger partial charge < -0.3 is 10.1 Å². The molecule has 0 spiro atoms. The van der Waals surface area contributed by atoms with Crippen LogP contribution in [0.1, 0.15) is 39.2 Å². The summed E-state index contributed by atoms with van der Waals surface area (Å²) in [6.07, 6.45) is 4.36. The van der Waals surface area contributed by atoms with E-state index < -0.39 is 0 Å². The molecule has 118 valence electrons. The Morgan fingerprint density at radius 3 is 2.81 bits per heavy atom. The van der Waals surface area contributed by atoms with Gasteiger partial charge in [-0.1, -0.05) is 26.8 Å². The van der Waals surface area contributed by atoms with Crippen LogP contribution < -0.4 is 10.1 Å². The van der Waals surface area contributed by atoms with Gasteiger partial charge in [-0.15, -0.1) is 0 Å². The molecule has 0 aromatic carbocycles. The first-order valence-corrected chi connectivity index (χ1v) is 8.08. The molecule has 2 rings (SSSR count). The van der Waals surface area contributed by atoms with Crippen molar-refractivity contribution in [2.24, 2.45) is 5.92 Å². The standard InChI is InChI=1S/C17H29N3O/c1-5-16-10-18-15(8-13(2)3)12-20(16)11-14-6-7-17(21-4)19-9-14/h6-7,9,13,15-16,18H,5,8,10-12H2,1-4H3. The van der Waals surface area contributed by atoms with Crippen LogP contribution in [-0.2, 0) is 6.54 Å². The predicted octanol–water partition coefficient (Wildman–Crippen LogP) is 2.69. The molecule has 1 aromatic rings. The molecule has 2 atom stereocenters. The maximum Gasteiger partial charge on any atom is 0.212 e. The molecule has 2 heterocycles. The van der Waals surface area contributed by atoms with Crippen LogP contribution in [0.5, 0.6) is 5.88 Å². The van der Waals surface area contributed by atoms with E-state index in [2.05, 4.69) is 42.0 Å². The van der Waals surface area contributed by atoms with Gasteiger partial charge in [-0.05, 0) is 24.3 Å². The third-order valence-electron chi connectivity index (χ3n) is 4.23. The van der Waals surface area contributed by atoms with Crippen LogP contribution >= 0.6 is 0 Å². The van der Waals surface area contributed by atoms with Crippen molar-refractivity contribution in [1.29, 1.82) is 0 Å². The summed E-state index contributed by atoms with van der Waals surface area (Å²) in [4.78, 5) is 6.92. The largest absolute Gasteiger partial charge is 0.481 e. The molecule has 0 bridgehead atoms. The number of ether oxygens (including phenoxy) is 1. The number of hydrogen-bond acceptors (Lipinski definition) is 4. The smallest absolute Gasteiger partial charge is 0.212 e. The average molecular weight is 291 g/mol. The van der Waals surface area contributed by atoms with E-state index >= 15 is 0 Å². The Morgan fingerprint density at radius 1 is 1.43 bits per heavy atom. The lowest BCUT2D eigenvalue weighted by atomic mass is 9.98. The number of aromatic nitrogens is 1. The Morgan fingerprint density at radius 2 is 2.24 bits per heavy atom. The molecule has 1 fully saturated rings. The fraction of sp³-hybridized carbons (Fsp3) is 0.706. The van der Waals surface area contributed by atoms with Crippen molar-refractivity contribution >= 4 is 0 Å². The monoisotopic (exact) mass is 291 g/mol. The minimum atomic E-state index is 0.610. The summed E-state index contributed by atoms with van der Waals surface area (Å²) in [5.41, 5.74) is 1.26. The third-order valence-corrected chi connectivity index (χ3v) is 4.23. The Hall–Kier alpha value is -1.13. The lowest BCUT2D eigenvalue weighted by Gasteiger charge is -2.40. The highest BCUT2D eigenvalue weighted by Gasteiger charge is 2.27. The minimum absolute atomic E-state index is 0.610. The van der Waals surface area contributed by atoms with Crippen molar-refractivity contribution in [1.82, 2.24) is 15.2 Å². The Kier molecular flexibility index (Phi) is 6.00. The summed E-state index contributed by atoms with van der Waals surface area (Å²) < 4.78 is 5.13. The maximum atomic E-state index is 5.13. The molecule has 0 amide bonds. The van der Waals surface area contributed by atoms with E-state index in [4.69, 9.17) is 4.74 Å². The van der Waals surface area contributed by atoms with E-state index in [1.165, 1.54) is 18.4 Å². The van der Waals surface area contributed by atoms with Crippen molar-refractivity contribution in [2.75, 3.05) is 20.2 Å². The number of nitrogens with one attached hydrogen (secondary N) is 1. The van der Waals surface area contributed by atoms with E-state index in [1.54, 1.807) is 7.11 Å². The lowest BCUT2D eigenvalue weighted by Crippen LogP contribution is -2.56. The molecule has 0 aliphatic carbocycles. The van der Waals surface area contributed by atoms with Crippen molar-refractivity contribution in [3.63, 3.8) is 0 Å². The zero-order valence-electron chi connectivity index (χ0n) is 13.8. The molecular formula is C17H29N3O. The normalized spacial score (nSPS) is 23.5. The van der Waals surface area contributed by atoms with Gasteiger partial charge in [-0.2, -0.15) is 0 Å². The van der Waals surface area contributed by atoms with Gasteiger partial charge in [0, 0.05) is 44.0 Å². The molecule has 1 aliphatic rings. The van der Waals surface area contributed by atoms with Crippen LogP contribution in [0, 0.1) is 5.92 Å². The maximum absolute atomic E-state index is 5.13. The van der Waals surface area contributed by atoms with Gasteiger partial charge in [0.15, 0.2) is 0 Å². The zero-order chi connectivity index (χ0) is 15.2. The summed E-state index contributed by atoms with van der Waals surface area (Å²) in [6, 6.07) is 5.30. The minimum Gasteiger partial charge on any atom is -0.481 e. The van der Waals surface area contributed by atoms with Gasteiger partial charge in [0.25, 0.3) is 0 Å². The zero-order valence-corrected chi connectivity index (χ0v) is 13.8. The number of pyridine rings is 1. The second kappa shape index (κ2) is 7.76. The van der Waals surface area contributed by atoms with Gasteiger partial charge >= 0.3 is 0 Å². The SMILES string of the molecule is CCC1CNC(CC(C)C)CN1Cc1ccc(OC)nc1. The second-order valence-electron chi connectivity index (χ2n) is 6.44. The van der Waals surface area contributed by atoms with Crippen molar-refractivity contribution in [2.45, 2.75) is 52.2 Å². The molecule has 1 aliphatic heterocycles. The van der Waals surface area contributed by atoms with E-state index in [0.29, 0.717) is 18.0 Å². The number of hydrogen-bond donors (Lipinski definition) is 1. The molecule has 1 aromatic heterocycles. The van der Waals surface area contributed by atoms with Crippen LogP contribution in [0.2, 0.25) is 0 Å². The molecule has 1 N–H and O–H groups in total. The third kappa shape index (κ3) is 4.68. The van der Waals surface area contributed by atoms with Crippen LogP contribution in [0.15, 0.2) is 18.3 Å². The number of rotatable bonds is 6. The van der Waals surface area contributed by atoms with Crippen molar-refractivity contribution in [3.8, 4) is 5.88 Å². The summed E-state index contributed by atoms with van der Waals surface area (Å²) in [7, 11) is 1.65. The topological polar surface area (TPSA) is 37.4 Å². The molecule has 0 radical (unpaired) electrons. The van der Waals surface area contributed by atoms with Crippen molar-refractivity contribution < 1.29 is 4.74 Å². The first-order chi connectivity index (χ1) is 10.1. The quantitative estimate of drug-likeness (QED) is 0.874. The highest BCUT2D eigenvalue weighted by Crippen LogP contribution is 2.18. The van der Waals surface area contributed by atoms with E-state index in [9.17, 15) is 0 Å². The lowest BCUT2D eigenvalue weighted by molar-refractivity contribution is 0.111. The molecule has 21 heavy (non-hydrogen) atoms.